The lowest BCUT2D eigenvalue weighted by Crippen LogP contribution is -2.35. The first-order chi connectivity index (χ1) is 12.4. The summed E-state index contributed by atoms with van der Waals surface area (Å²) in [4.78, 5) is 14.8. The summed E-state index contributed by atoms with van der Waals surface area (Å²) in [5.41, 5.74) is -0.359. The van der Waals surface area contributed by atoms with Crippen LogP contribution in [0, 0.1) is 15.9 Å². The van der Waals surface area contributed by atoms with Crippen molar-refractivity contribution >= 4 is 27.5 Å². The van der Waals surface area contributed by atoms with Crippen LogP contribution in [0.3, 0.4) is 0 Å². The van der Waals surface area contributed by atoms with Gasteiger partial charge in [0, 0.05) is 19.3 Å². The highest BCUT2D eigenvalue weighted by atomic mass is 32.2. The monoisotopic (exact) mass is 397 g/mol. The second kappa shape index (κ2) is 7.68. The average molecular weight is 397 g/mol. The minimum atomic E-state index is -3.58. The number of nitrogens with zero attached hydrogens (tertiary/aromatic N) is 3. The molecule has 0 unspecified atom stereocenters. The maximum atomic E-state index is 13.2. The number of sulfonamides is 1. The van der Waals surface area contributed by atoms with E-state index in [1.165, 1.54) is 28.7 Å². The highest BCUT2D eigenvalue weighted by molar-refractivity contribution is 7.99. The zero-order valence-corrected chi connectivity index (χ0v) is 15.3. The van der Waals surface area contributed by atoms with Gasteiger partial charge in [0.1, 0.15) is 15.7 Å². The summed E-state index contributed by atoms with van der Waals surface area (Å²) in [5.74, 6) is -0.697. The lowest BCUT2D eigenvalue weighted by Gasteiger charge is -2.25. The Bertz CT molecular complexity index is 914. The molecule has 0 radical (unpaired) electrons. The smallest absolute Gasteiger partial charge is 0.258 e. The van der Waals surface area contributed by atoms with E-state index in [1.54, 1.807) is 0 Å². The largest absolute Gasteiger partial charge is 0.286 e. The van der Waals surface area contributed by atoms with Crippen molar-refractivity contribution in [1.82, 2.24) is 9.29 Å². The van der Waals surface area contributed by atoms with Gasteiger partial charge in [0.05, 0.1) is 15.9 Å². The number of piperidine rings is 1. The summed E-state index contributed by atoms with van der Waals surface area (Å²) in [6, 6.07) is 6.21. The molecule has 1 saturated heterocycles. The molecule has 2 heterocycles. The topological polar surface area (TPSA) is 93.4 Å². The molecule has 0 saturated carbocycles. The zero-order chi connectivity index (χ0) is 18.7. The fourth-order valence-electron chi connectivity index (χ4n) is 2.67. The number of benzene rings is 1. The number of aromatic nitrogens is 1. The normalized spacial score (nSPS) is 15.7. The van der Waals surface area contributed by atoms with E-state index in [0.717, 1.165) is 43.2 Å². The molecule has 0 spiro atoms. The molecular weight excluding hydrogens is 381 g/mol. The number of hydrogen-bond donors (Lipinski definition) is 0. The highest BCUT2D eigenvalue weighted by Crippen LogP contribution is 2.34. The molecule has 1 aromatic carbocycles. The van der Waals surface area contributed by atoms with Crippen LogP contribution in [0.25, 0.3) is 0 Å². The fourth-order valence-corrected chi connectivity index (χ4v) is 4.97. The van der Waals surface area contributed by atoms with Gasteiger partial charge >= 0.3 is 0 Å². The molecule has 1 aliphatic heterocycles. The van der Waals surface area contributed by atoms with Crippen molar-refractivity contribution in [3.05, 3.63) is 52.5 Å². The van der Waals surface area contributed by atoms with E-state index in [9.17, 15) is 22.9 Å². The second-order valence-corrected chi connectivity index (χ2v) is 8.77. The Morgan fingerprint density at radius 3 is 2.50 bits per heavy atom. The molecule has 0 atom stereocenters. The Morgan fingerprint density at radius 2 is 1.88 bits per heavy atom. The molecule has 1 aliphatic rings. The number of rotatable bonds is 5. The fraction of sp³-hybridized carbons (Fsp3) is 0.312. The third-order valence-corrected chi connectivity index (χ3v) is 6.89. The lowest BCUT2D eigenvalue weighted by atomic mass is 10.2. The van der Waals surface area contributed by atoms with Crippen LogP contribution in [0.1, 0.15) is 19.3 Å². The van der Waals surface area contributed by atoms with Gasteiger partial charge in [0.2, 0.25) is 10.0 Å². The molecule has 3 rings (SSSR count). The highest BCUT2D eigenvalue weighted by Gasteiger charge is 2.26. The maximum Gasteiger partial charge on any atom is 0.286 e. The third kappa shape index (κ3) is 4.02. The zero-order valence-electron chi connectivity index (χ0n) is 13.7. The molecule has 0 N–H and O–H groups in total. The number of pyridine rings is 1. The van der Waals surface area contributed by atoms with Gasteiger partial charge in [-0.25, -0.2) is 17.8 Å². The quantitative estimate of drug-likeness (QED) is 0.567. The molecule has 2 aromatic rings. The van der Waals surface area contributed by atoms with Crippen LogP contribution in [0.2, 0.25) is 0 Å². The van der Waals surface area contributed by atoms with Crippen molar-refractivity contribution in [2.45, 2.75) is 34.1 Å². The SMILES string of the molecule is O=[N+]([O-])c1cc(F)ccc1Sc1ccc(S(=O)(=O)N2CCCCC2)cn1. The molecule has 1 fully saturated rings. The Morgan fingerprint density at radius 1 is 1.15 bits per heavy atom. The van der Waals surface area contributed by atoms with Crippen molar-refractivity contribution in [3.8, 4) is 0 Å². The van der Waals surface area contributed by atoms with Gasteiger partial charge < -0.3 is 0 Å². The Balaban J connectivity index is 1.81. The van der Waals surface area contributed by atoms with E-state index >= 15 is 0 Å². The number of nitro groups is 1. The van der Waals surface area contributed by atoms with E-state index in [-0.39, 0.29) is 15.5 Å². The van der Waals surface area contributed by atoms with Crippen LogP contribution in [0.15, 0.2) is 51.3 Å². The van der Waals surface area contributed by atoms with E-state index in [2.05, 4.69) is 4.98 Å². The first kappa shape index (κ1) is 18.7. The van der Waals surface area contributed by atoms with Gasteiger partial charge in [-0.05, 0) is 37.1 Å². The summed E-state index contributed by atoms with van der Waals surface area (Å²) < 4.78 is 39.8. The first-order valence-corrected chi connectivity index (χ1v) is 10.2. The Kier molecular flexibility index (Phi) is 5.54. The molecule has 26 heavy (non-hydrogen) atoms. The van der Waals surface area contributed by atoms with Crippen molar-refractivity contribution in [2.75, 3.05) is 13.1 Å². The van der Waals surface area contributed by atoms with E-state index in [1.807, 2.05) is 0 Å². The molecular formula is C16H16FN3O4S2. The molecule has 0 amide bonds. The summed E-state index contributed by atoms with van der Waals surface area (Å²) in [5, 5.41) is 11.4. The maximum absolute atomic E-state index is 13.2. The van der Waals surface area contributed by atoms with Gasteiger partial charge in [-0.1, -0.05) is 18.2 Å². The summed E-state index contributed by atoms with van der Waals surface area (Å²) in [6.45, 7) is 1.00. The van der Waals surface area contributed by atoms with E-state index < -0.39 is 20.8 Å². The van der Waals surface area contributed by atoms with Crippen molar-refractivity contribution in [3.63, 3.8) is 0 Å². The predicted octanol–water partition coefficient (Wildman–Crippen LogP) is 3.45. The summed E-state index contributed by atoms with van der Waals surface area (Å²) in [6.07, 6.45) is 3.96. The van der Waals surface area contributed by atoms with Crippen molar-refractivity contribution in [2.24, 2.45) is 0 Å². The number of hydrogen-bond acceptors (Lipinski definition) is 6. The minimum absolute atomic E-state index is 0.0948. The second-order valence-electron chi connectivity index (χ2n) is 5.77. The van der Waals surface area contributed by atoms with Crippen LogP contribution in [-0.4, -0.2) is 35.7 Å². The molecule has 0 bridgehead atoms. The third-order valence-electron chi connectivity index (χ3n) is 3.99. The van der Waals surface area contributed by atoms with Crippen molar-refractivity contribution < 1.29 is 17.7 Å². The predicted molar refractivity (Wildman–Crippen MR) is 94.0 cm³/mol. The van der Waals surface area contributed by atoms with Gasteiger partial charge in [0.25, 0.3) is 5.69 Å². The van der Waals surface area contributed by atoms with Gasteiger partial charge in [-0.2, -0.15) is 4.31 Å². The molecule has 1 aromatic heterocycles. The van der Waals surface area contributed by atoms with Crippen LogP contribution in [-0.2, 0) is 10.0 Å². The standard InChI is InChI=1S/C16H16FN3O4S2/c17-12-4-6-15(14(10-12)20(21)22)25-16-7-5-13(11-18-16)26(23,24)19-8-2-1-3-9-19/h4-7,10-11H,1-3,8-9H2. The lowest BCUT2D eigenvalue weighted by molar-refractivity contribution is -0.387. The van der Waals surface area contributed by atoms with Crippen LogP contribution >= 0.6 is 11.8 Å². The number of halogens is 1. The van der Waals surface area contributed by atoms with E-state index in [4.69, 9.17) is 0 Å². The Labute approximate surface area is 154 Å². The molecule has 10 heteroatoms. The van der Waals surface area contributed by atoms with Crippen LogP contribution in [0.5, 0.6) is 0 Å². The summed E-state index contributed by atoms with van der Waals surface area (Å²) >= 11 is 0.978. The van der Waals surface area contributed by atoms with Crippen molar-refractivity contribution in [1.29, 1.82) is 0 Å². The van der Waals surface area contributed by atoms with Gasteiger partial charge in [0.15, 0.2) is 0 Å². The van der Waals surface area contributed by atoms with Gasteiger partial charge in [-0.3, -0.25) is 10.1 Å². The minimum Gasteiger partial charge on any atom is -0.258 e. The average Bonchev–Trinajstić information content (AvgIpc) is 2.64. The van der Waals surface area contributed by atoms with Crippen LogP contribution < -0.4 is 0 Å². The van der Waals surface area contributed by atoms with Gasteiger partial charge in [-0.15, -0.1) is 0 Å². The molecule has 7 nitrogen and oxygen atoms in total. The molecule has 0 aliphatic carbocycles. The summed E-state index contributed by atoms with van der Waals surface area (Å²) in [7, 11) is -3.58. The van der Waals surface area contributed by atoms with Crippen LogP contribution in [0.4, 0.5) is 10.1 Å². The Hall–Kier alpha value is -2.04. The number of nitro benzene ring substituents is 1. The first-order valence-electron chi connectivity index (χ1n) is 7.96. The molecule has 138 valence electrons. The van der Waals surface area contributed by atoms with E-state index in [0.29, 0.717) is 18.1 Å².